The highest BCUT2D eigenvalue weighted by Crippen LogP contribution is 2.21. The predicted octanol–water partition coefficient (Wildman–Crippen LogP) is 3.42. The van der Waals surface area contributed by atoms with Gasteiger partial charge in [-0.1, -0.05) is 30.3 Å². The number of nitrogens with zero attached hydrogens (tertiary/aromatic N) is 1. The van der Waals surface area contributed by atoms with Gasteiger partial charge >= 0.3 is 0 Å². The van der Waals surface area contributed by atoms with Crippen LogP contribution in [-0.4, -0.2) is 38.2 Å². The van der Waals surface area contributed by atoms with Crippen LogP contribution in [0.2, 0.25) is 0 Å². The van der Waals surface area contributed by atoms with Gasteiger partial charge in [0.25, 0.3) is 5.91 Å². The van der Waals surface area contributed by atoms with Crippen LogP contribution in [-0.2, 0) is 26.9 Å². The first kappa shape index (κ1) is 22.8. The molecule has 0 aliphatic carbocycles. The van der Waals surface area contributed by atoms with Crippen LogP contribution in [0.4, 0.5) is 0 Å². The highest BCUT2D eigenvalue weighted by Gasteiger charge is 2.28. The maximum absolute atomic E-state index is 12.9. The van der Waals surface area contributed by atoms with Crippen LogP contribution in [0.3, 0.4) is 0 Å². The monoisotopic (exact) mass is 466 g/mol. The number of furan rings is 1. The highest BCUT2D eigenvalue weighted by molar-refractivity contribution is 7.90. The molecule has 2 heterocycles. The number of amides is 2. The summed E-state index contributed by atoms with van der Waals surface area (Å²) in [6, 6.07) is 18.6. The molecule has 2 amide bonds. The second kappa shape index (κ2) is 10.0. The molecule has 1 saturated heterocycles. The number of hydrogen-bond donors (Lipinski definition) is 1. The molecule has 0 bridgehead atoms. The molecule has 1 N–H and O–H groups in total. The van der Waals surface area contributed by atoms with Gasteiger partial charge in [-0.05, 0) is 54.8 Å². The van der Waals surface area contributed by atoms with Gasteiger partial charge in [-0.15, -0.1) is 0 Å². The first-order chi connectivity index (χ1) is 15.9. The molecule has 4 rings (SSSR count). The summed E-state index contributed by atoms with van der Waals surface area (Å²) in [4.78, 5) is 27.3. The number of hydrogen-bond acceptors (Lipinski definition) is 5. The van der Waals surface area contributed by atoms with E-state index >= 15 is 0 Å². The topological polar surface area (TPSA) is 96.7 Å². The fraction of sp³-hybridized carbons (Fsp3) is 0.280. The molecule has 1 aliphatic heterocycles. The zero-order chi connectivity index (χ0) is 23.3. The van der Waals surface area contributed by atoms with Crippen molar-refractivity contribution in [3.05, 3.63) is 89.9 Å². The number of carbonyl (C=O) groups is 2. The van der Waals surface area contributed by atoms with Crippen LogP contribution in [0.25, 0.3) is 0 Å². The van der Waals surface area contributed by atoms with Gasteiger partial charge < -0.3 is 14.6 Å². The molecule has 8 heteroatoms. The Balaban J connectivity index is 1.29. The number of nitrogens with one attached hydrogen (secondary N) is 1. The van der Waals surface area contributed by atoms with Crippen molar-refractivity contribution >= 4 is 21.7 Å². The maximum Gasteiger partial charge on any atom is 0.253 e. The van der Waals surface area contributed by atoms with Crippen molar-refractivity contribution in [1.82, 2.24) is 10.2 Å². The van der Waals surface area contributed by atoms with Crippen LogP contribution < -0.4 is 5.32 Å². The molecule has 1 fully saturated rings. The molecule has 0 saturated carbocycles. The molecule has 0 unspecified atom stereocenters. The molecule has 3 aromatic rings. The molecule has 33 heavy (non-hydrogen) atoms. The number of piperidine rings is 1. The third-order valence-electron chi connectivity index (χ3n) is 5.83. The Morgan fingerprint density at radius 3 is 2.27 bits per heavy atom. The summed E-state index contributed by atoms with van der Waals surface area (Å²) in [6.45, 7) is 1.36. The summed E-state index contributed by atoms with van der Waals surface area (Å²) in [5.74, 6) is 0.319. The number of sulfone groups is 1. The molecule has 1 aliphatic rings. The van der Waals surface area contributed by atoms with E-state index in [0.717, 1.165) is 0 Å². The van der Waals surface area contributed by atoms with E-state index in [0.29, 0.717) is 49.4 Å². The summed E-state index contributed by atoms with van der Waals surface area (Å²) in [7, 11) is -3.44. The molecule has 0 atom stereocenters. The Kier molecular flexibility index (Phi) is 6.93. The van der Waals surface area contributed by atoms with E-state index in [4.69, 9.17) is 4.42 Å². The predicted molar refractivity (Wildman–Crippen MR) is 123 cm³/mol. The van der Waals surface area contributed by atoms with Crippen molar-refractivity contribution in [2.24, 2.45) is 5.92 Å². The van der Waals surface area contributed by atoms with Crippen LogP contribution in [0.1, 0.15) is 34.5 Å². The average molecular weight is 467 g/mol. The summed E-state index contributed by atoms with van der Waals surface area (Å²) in [5.41, 5.74) is 1.14. The fourth-order valence-corrected chi connectivity index (χ4v) is 5.30. The normalized spacial score (nSPS) is 14.7. The lowest BCUT2D eigenvalue weighted by Crippen LogP contribution is -2.42. The SMILES string of the molecule is O=C(NCc1ccco1)C1CCN(C(=O)c2ccc(CS(=O)(=O)c3ccccc3)cc2)CC1. The summed E-state index contributed by atoms with van der Waals surface area (Å²) >= 11 is 0. The van der Waals surface area contributed by atoms with Gasteiger partial charge in [-0.2, -0.15) is 0 Å². The third kappa shape index (κ3) is 5.70. The Morgan fingerprint density at radius 2 is 1.64 bits per heavy atom. The fourth-order valence-electron chi connectivity index (χ4n) is 3.93. The van der Waals surface area contributed by atoms with Crippen molar-refractivity contribution in [3.8, 4) is 0 Å². The zero-order valence-corrected chi connectivity index (χ0v) is 19.0. The molecule has 1 aromatic heterocycles. The first-order valence-electron chi connectivity index (χ1n) is 10.9. The van der Waals surface area contributed by atoms with Gasteiger partial charge in [-0.3, -0.25) is 9.59 Å². The van der Waals surface area contributed by atoms with Gasteiger partial charge in [0, 0.05) is 24.6 Å². The molecule has 0 spiro atoms. The molecule has 172 valence electrons. The van der Waals surface area contributed by atoms with Crippen LogP contribution in [0, 0.1) is 5.92 Å². The number of carbonyl (C=O) groups excluding carboxylic acids is 2. The zero-order valence-electron chi connectivity index (χ0n) is 18.1. The van der Waals surface area contributed by atoms with Crippen molar-refractivity contribution in [1.29, 1.82) is 0 Å². The minimum Gasteiger partial charge on any atom is -0.467 e. The summed E-state index contributed by atoms with van der Waals surface area (Å²) < 4.78 is 30.3. The van der Waals surface area contributed by atoms with Crippen LogP contribution >= 0.6 is 0 Å². The van der Waals surface area contributed by atoms with Crippen LogP contribution in [0.5, 0.6) is 0 Å². The Labute approximate surface area is 193 Å². The lowest BCUT2D eigenvalue weighted by molar-refractivity contribution is -0.126. The second-order valence-electron chi connectivity index (χ2n) is 8.13. The maximum atomic E-state index is 12.9. The largest absolute Gasteiger partial charge is 0.467 e. The molecule has 7 nitrogen and oxygen atoms in total. The van der Waals surface area contributed by atoms with E-state index in [1.807, 2.05) is 6.07 Å². The minimum absolute atomic E-state index is 0.0255. The van der Waals surface area contributed by atoms with E-state index in [1.54, 1.807) is 71.8 Å². The molecular formula is C25H26N2O5S. The highest BCUT2D eigenvalue weighted by atomic mass is 32.2. The van der Waals surface area contributed by atoms with Crippen molar-refractivity contribution in [3.63, 3.8) is 0 Å². The quantitative estimate of drug-likeness (QED) is 0.576. The van der Waals surface area contributed by atoms with E-state index in [9.17, 15) is 18.0 Å². The minimum atomic E-state index is -3.44. The van der Waals surface area contributed by atoms with Gasteiger partial charge in [0.2, 0.25) is 5.91 Å². The number of benzene rings is 2. The smallest absolute Gasteiger partial charge is 0.253 e. The van der Waals surface area contributed by atoms with E-state index in [1.165, 1.54) is 0 Å². The van der Waals surface area contributed by atoms with Gasteiger partial charge in [-0.25, -0.2) is 8.42 Å². The van der Waals surface area contributed by atoms with Gasteiger partial charge in [0.1, 0.15) is 5.76 Å². The van der Waals surface area contributed by atoms with E-state index in [-0.39, 0.29) is 28.4 Å². The standard InChI is InChI=1S/C25H26N2O5S/c28-24(26-17-22-5-4-16-32-22)20-12-14-27(15-13-20)25(29)21-10-8-19(9-11-21)18-33(30,31)23-6-2-1-3-7-23/h1-11,16,20H,12-15,17-18H2,(H,26,28). The Hall–Kier alpha value is -3.39. The Bertz CT molecular complexity index is 1180. The molecule has 2 aromatic carbocycles. The van der Waals surface area contributed by atoms with E-state index in [2.05, 4.69) is 5.32 Å². The Morgan fingerprint density at radius 1 is 0.939 bits per heavy atom. The number of likely N-dealkylation sites (tertiary alicyclic amines) is 1. The van der Waals surface area contributed by atoms with E-state index < -0.39 is 9.84 Å². The van der Waals surface area contributed by atoms with Crippen molar-refractivity contribution < 1.29 is 22.4 Å². The lowest BCUT2D eigenvalue weighted by atomic mass is 9.95. The summed E-state index contributed by atoms with van der Waals surface area (Å²) in [6.07, 6.45) is 2.77. The van der Waals surface area contributed by atoms with Crippen LogP contribution in [0.15, 0.2) is 82.3 Å². The lowest BCUT2D eigenvalue weighted by Gasteiger charge is -2.31. The summed E-state index contributed by atoms with van der Waals surface area (Å²) in [5, 5.41) is 2.88. The van der Waals surface area contributed by atoms with Gasteiger partial charge in [0.15, 0.2) is 9.84 Å². The first-order valence-corrected chi connectivity index (χ1v) is 12.5. The van der Waals surface area contributed by atoms with Gasteiger partial charge in [0.05, 0.1) is 23.5 Å². The molecule has 0 radical (unpaired) electrons. The third-order valence-corrected chi connectivity index (χ3v) is 7.53. The van der Waals surface area contributed by atoms with Crippen molar-refractivity contribution in [2.75, 3.05) is 13.1 Å². The molecular weight excluding hydrogens is 440 g/mol. The average Bonchev–Trinajstić information content (AvgIpc) is 3.37. The second-order valence-corrected chi connectivity index (χ2v) is 10.1. The number of rotatable bonds is 7. The van der Waals surface area contributed by atoms with Crippen molar-refractivity contribution in [2.45, 2.75) is 30.0 Å².